The van der Waals surface area contributed by atoms with E-state index in [0.29, 0.717) is 31.2 Å². The lowest BCUT2D eigenvalue weighted by Gasteiger charge is -2.46. The van der Waals surface area contributed by atoms with Crippen LogP contribution in [0.5, 0.6) is 0 Å². The quantitative estimate of drug-likeness (QED) is 0.205. The molecule has 3 aliphatic rings. The third-order valence-electron chi connectivity index (χ3n) is 10.0. The van der Waals surface area contributed by atoms with Gasteiger partial charge in [0.15, 0.2) is 0 Å². The first-order valence-corrected chi connectivity index (χ1v) is 17.2. The molecule has 0 unspecified atom stereocenters. The van der Waals surface area contributed by atoms with Crippen molar-refractivity contribution in [3.8, 4) is 0 Å². The monoisotopic (exact) mass is 665 g/mol. The van der Waals surface area contributed by atoms with Crippen molar-refractivity contribution in [1.82, 2.24) is 15.1 Å². The first-order valence-electron chi connectivity index (χ1n) is 17.2. The summed E-state index contributed by atoms with van der Waals surface area (Å²) in [7, 11) is 0. The molecule has 10 heteroatoms. The van der Waals surface area contributed by atoms with Gasteiger partial charge in [-0.25, -0.2) is 0 Å². The fraction of sp³-hybridized carbons (Fsp3) is 0.632. The normalized spacial score (nSPS) is 26.8. The van der Waals surface area contributed by atoms with Gasteiger partial charge in [-0.05, 0) is 64.4 Å². The van der Waals surface area contributed by atoms with Gasteiger partial charge in [0, 0.05) is 18.5 Å². The lowest BCUT2D eigenvalue weighted by molar-refractivity contribution is -0.163. The minimum absolute atomic E-state index is 0.0949. The molecular formula is C38H55N3O7. The van der Waals surface area contributed by atoms with Gasteiger partial charge in [0.05, 0.1) is 36.6 Å². The van der Waals surface area contributed by atoms with E-state index in [9.17, 15) is 24.3 Å². The van der Waals surface area contributed by atoms with Crippen molar-refractivity contribution in [3.63, 3.8) is 0 Å². The number of nitrogens with one attached hydrogen (secondary N) is 1. The van der Waals surface area contributed by atoms with Crippen molar-refractivity contribution >= 4 is 23.7 Å². The number of fused-ring (bicyclic) bond motifs is 1. The molecule has 48 heavy (non-hydrogen) atoms. The molecule has 3 saturated heterocycles. The maximum absolute atomic E-state index is 14.8. The number of aliphatic hydroxyl groups excluding tert-OH is 1. The summed E-state index contributed by atoms with van der Waals surface area (Å²) in [5, 5.41) is 13.2. The summed E-state index contributed by atoms with van der Waals surface area (Å²) in [6, 6.07) is 6.88. The second-order valence-corrected chi connectivity index (χ2v) is 15.6. The fourth-order valence-corrected chi connectivity index (χ4v) is 8.45. The average molecular weight is 666 g/mol. The Morgan fingerprint density at radius 3 is 2.40 bits per heavy atom. The standard InChI is InChI=1S/C38H55N3O7/c1-10-12-18-28(43)39-25(4)31(26-16-14-13-15-17-26)47-35(46)29-27-19-20-38(48-27)30(29)33(44)41(24(3)22-42)32(38)34(45)40(21-11-2)37(8,9)23-36(5,6)7/h10-11,13-17,24-25,27,29-32,42H,1-2,12,18-23H2,3-9H3,(H,39,43)/t24-,25+,27+,29-,30-,31+,32+,38-/m1/s1. The number of amides is 3. The molecule has 1 aromatic rings. The molecule has 3 fully saturated rings. The predicted molar refractivity (Wildman–Crippen MR) is 183 cm³/mol. The van der Waals surface area contributed by atoms with E-state index in [1.807, 2.05) is 44.2 Å². The molecule has 1 aromatic carbocycles. The van der Waals surface area contributed by atoms with Crippen LogP contribution in [0.1, 0.15) is 92.2 Å². The Bertz CT molecular complexity index is 1370. The number of allylic oxidation sites excluding steroid dienone is 1. The van der Waals surface area contributed by atoms with E-state index in [0.717, 1.165) is 0 Å². The molecule has 8 atom stereocenters. The van der Waals surface area contributed by atoms with E-state index < -0.39 is 65.2 Å². The Morgan fingerprint density at radius 1 is 1.15 bits per heavy atom. The van der Waals surface area contributed by atoms with Gasteiger partial charge in [0.25, 0.3) is 0 Å². The minimum Gasteiger partial charge on any atom is -0.455 e. The summed E-state index contributed by atoms with van der Waals surface area (Å²) in [6.45, 7) is 21.4. The number of ether oxygens (including phenoxy) is 2. The number of hydrogen-bond donors (Lipinski definition) is 2. The molecule has 2 N–H and O–H groups in total. The van der Waals surface area contributed by atoms with Gasteiger partial charge in [-0.15, -0.1) is 13.2 Å². The van der Waals surface area contributed by atoms with Crippen LogP contribution in [0.2, 0.25) is 0 Å². The van der Waals surface area contributed by atoms with Gasteiger partial charge in [-0.2, -0.15) is 0 Å². The average Bonchev–Trinajstić information content (AvgIpc) is 3.67. The van der Waals surface area contributed by atoms with Gasteiger partial charge >= 0.3 is 5.97 Å². The van der Waals surface area contributed by atoms with E-state index >= 15 is 0 Å². The molecule has 0 radical (unpaired) electrons. The molecule has 0 aliphatic carbocycles. The van der Waals surface area contributed by atoms with Gasteiger partial charge in [-0.3, -0.25) is 19.2 Å². The van der Waals surface area contributed by atoms with Gasteiger partial charge in [-0.1, -0.05) is 63.3 Å². The van der Waals surface area contributed by atoms with Crippen LogP contribution in [-0.2, 0) is 28.7 Å². The molecule has 264 valence electrons. The maximum atomic E-state index is 14.8. The maximum Gasteiger partial charge on any atom is 0.313 e. The summed E-state index contributed by atoms with van der Waals surface area (Å²) >= 11 is 0. The Balaban J connectivity index is 1.70. The van der Waals surface area contributed by atoms with Crippen LogP contribution in [-0.4, -0.2) is 87.1 Å². The van der Waals surface area contributed by atoms with Crippen molar-refractivity contribution in [3.05, 3.63) is 61.2 Å². The fourth-order valence-electron chi connectivity index (χ4n) is 8.45. The van der Waals surface area contributed by atoms with E-state index in [-0.39, 0.29) is 36.8 Å². The lowest BCUT2D eigenvalue weighted by Crippen LogP contribution is -2.62. The summed E-state index contributed by atoms with van der Waals surface area (Å²) in [4.78, 5) is 59.4. The number of likely N-dealkylation sites (tertiary alicyclic amines) is 1. The molecule has 3 heterocycles. The summed E-state index contributed by atoms with van der Waals surface area (Å²) in [5.41, 5.74) is -1.25. The van der Waals surface area contributed by atoms with Crippen molar-refractivity contribution in [2.75, 3.05) is 13.2 Å². The van der Waals surface area contributed by atoms with Crippen molar-refractivity contribution in [2.24, 2.45) is 17.3 Å². The van der Waals surface area contributed by atoms with Crippen LogP contribution in [0, 0.1) is 17.3 Å². The van der Waals surface area contributed by atoms with Crippen molar-refractivity contribution in [1.29, 1.82) is 0 Å². The number of nitrogens with zero attached hydrogens (tertiary/aromatic N) is 2. The number of carbonyl (C=O) groups excluding carboxylic acids is 4. The molecule has 0 saturated carbocycles. The number of rotatable bonds is 15. The van der Waals surface area contributed by atoms with Crippen molar-refractivity contribution in [2.45, 2.75) is 122 Å². The number of aliphatic hydroxyl groups is 1. The summed E-state index contributed by atoms with van der Waals surface area (Å²) < 4.78 is 12.9. The number of carbonyl (C=O) groups is 4. The molecule has 3 aliphatic heterocycles. The van der Waals surface area contributed by atoms with Crippen LogP contribution in [0.15, 0.2) is 55.6 Å². The topological polar surface area (TPSA) is 125 Å². The second-order valence-electron chi connectivity index (χ2n) is 15.6. The van der Waals surface area contributed by atoms with Crippen LogP contribution < -0.4 is 5.32 Å². The van der Waals surface area contributed by atoms with Gasteiger partial charge in [0.1, 0.15) is 17.7 Å². The Kier molecular flexibility index (Phi) is 11.3. The van der Waals surface area contributed by atoms with E-state index in [4.69, 9.17) is 9.47 Å². The van der Waals surface area contributed by atoms with Crippen LogP contribution >= 0.6 is 0 Å². The van der Waals surface area contributed by atoms with E-state index in [1.165, 1.54) is 4.90 Å². The Labute approximate surface area is 285 Å². The van der Waals surface area contributed by atoms with Crippen LogP contribution in [0.25, 0.3) is 0 Å². The molecular weight excluding hydrogens is 610 g/mol. The zero-order valence-corrected chi connectivity index (χ0v) is 29.7. The SMILES string of the molecule is C=CCCC(=O)N[C@@H](C)[C@H](OC(=O)[C@@H]1[C@@H]2CC[C@]3(O2)[C@H](C(=O)N(CC=C)C(C)(C)CC(C)(C)C)N([C@H](C)CO)C(=O)[C@@H]13)c1ccccc1. The first kappa shape index (κ1) is 37.3. The Hall–Kier alpha value is -3.50. The van der Waals surface area contributed by atoms with Gasteiger partial charge in [0.2, 0.25) is 17.7 Å². The van der Waals surface area contributed by atoms with Gasteiger partial charge < -0.3 is 29.7 Å². The molecule has 1 spiro atoms. The predicted octanol–water partition coefficient (Wildman–Crippen LogP) is 4.73. The summed E-state index contributed by atoms with van der Waals surface area (Å²) in [5.74, 6) is -3.40. The lowest BCUT2D eigenvalue weighted by atomic mass is 9.70. The third kappa shape index (κ3) is 7.25. The van der Waals surface area contributed by atoms with E-state index in [2.05, 4.69) is 39.2 Å². The van der Waals surface area contributed by atoms with E-state index in [1.54, 1.807) is 30.9 Å². The second kappa shape index (κ2) is 14.5. The highest BCUT2D eigenvalue weighted by Crippen LogP contribution is 2.59. The zero-order valence-electron chi connectivity index (χ0n) is 29.7. The Morgan fingerprint density at radius 2 is 1.81 bits per heavy atom. The summed E-state index contributed by atoms with van der Waals surface area (Å²) in [6.07, 6.45) is 4.27. The molecule has 3 amide bonds. The molecule has 2 bridgehead atoms. The number of esters is 1. The third-order valence-corrected chi connectivity index (χ3v) is 10.0. The largest absolute Gasteiger partial charge is 0.455 e. The highest BCUT2D eigenvalue weighted by atomic mass is 16.6. The molecule has 4 rings (SSSR count). The zero-order chi connectivity index (χ0) is 35.6. The molecule has 10 nitrogen and oxygen atoms in total. The van der Waals surface area contributed by atoms with Crippen LogP contribution in [0.4, 0.5) is 0 Å². The highest BCUT2D eigenvalue weighted by molar-refractivity contribution is 5.98. The smallest absolute Gasteiger partial charge is 0.313 e. The highest BCUT2D eigenvalue weighted by Gasteiger charge is 2.75. The molecule has 0 aromatic heterocycles. The minimum atomic E-state index is -1.25. The first-order chi connectivity index (χ1) is 22.5. The van der Waals surface area contributed by atoms with Crippen molar-refractivity contribution < 1.29 is 33.8 Å². The number of benzene rings is 1. The van der Waals surface area contributed by atoms with Crippen LogP contribution in [0.3, 0.4) is 0 Å². The number of hydrogen-bond acceptors (Lipinski definition) is 7.